The molecule has 0 aliphatic heterocycles. The number of benzene rings is 1. The SMILES string of the molecule is Cc1ncc(B(O)O)cc1NS(=O)(=O)c1ccc(F)cc1F. The van der Waals surface area contributed by atoms with Crippen LogP contribution in [0.25, 0.3) is 0 Å². The highest BCUT2D eigenvalue weighted by Crippen LogP contribution is 2.20. The Morgan fingerprint density at radius 2 is 1.91 bits per heavy atom. The maximum atomic E-state index is 13.6. The first-order valence-corrected chi connectivity index (χ1v) is 7.49. The molecule has 1 aromatic heterocycles. The normalized spacial score (nSPS) is 11.3. The Labute approximate surface area is 125 Å². The van der Waals surface area contributed by atoms with Crippen LogP contribution in [-0.2, 0) is 10.0 Å². The second-order valence-electron chi connectivity index (χ2n) is 4.46. The van der Waals surface area contributed by atoms with Crippen LogP contribution in [0.15, 0.2) is 35.4 Å². The predicted octanol–water partition coefficient (Wildman–Crippen LogP) is 0.149. The van der Waals surface area contributed by atoms with Crippen LogP contribution >= 0.6 is 0 Å². The van der Waals surface area contributed by atoms with Gasteiger partial charge < -0.3 is 10.0 Å². The molecule has 0 fully saturated rings. The summed E-state index contributed by atoms with van der Waals surface area (Å²) >= 11 is 0. The Balaban J connectivity index is 2.42. The van der Waals surface area contributed by atoms with Crippen LogP contribution < -0.4 is 10.2 Å². The molecule has 1 aromatic carbocycles. The van der Waals surface area contributed by atoms with Crippen LogP contribution in [0.3, 0.4) is 0 Å². The number of hydrogen-bond donors (Lipinski definition) is 3. The molecule has 0 amide bonds. The highest BCUT2D eigenvalue weighted by atomic mass is 32.2. The first-order chi connectivity index (χ1) is 10.2. The fourth-order valence-electron chi connectivity index (χ4n) is 1.69. The van der Waals surface area contributed by atoms with E-state index in [0.29, 0.717) is 6.07 Å². The Hall–Kier alpha value is -2.04. The van der Waals surface area contributed by atoms with Crippen molar-refractivity contribution in [3.8, 4) is 0 Å². The smallest absolute Gasteiger partial charge is 0.423 e. The first kappa shape index (κ1) is 16.3. The number of nitrogens with zero attached hydrogens (tertiary/aromatic N) is 1. The molecule has 0 radical (unpaired) electrons. The number of nitrogens with one attached hydrogen (secondary N) is 1. The van der Waals surface area contributed by atoms with E-state index < -0.39 is 33.7 Å². The van der Waals surface area contributed by atoms with Crippen molar-refractivity contribution in [3.63, 3.8) is 0 Å². The lowest BCUT2D eigenvalue weighted by atomic mass is 9.81. The molecule has 3 N–H and O–H groups in total. The van der Waals surface area contributed by atoms with Gasteiger partial charge in [-0.25, -0.2) is 17.2 Å². The maximum absolute atomic E-state index is 13.6. The summed E-state index contributed by atoms with van der Waals surface area (Å²) in [6, 6.07) is 3.22. The van der Waals surface area contributed by atoms with Crippen LogP contribution in [-0.4, -0.2) is 30.6 Å². The zero-order valence-corrected chi connectivity index (χ0v) is 12.1. The summed E-state index contributed by atoms with van der Waals surface area (Å²) in [6.45, 7) is 1.48. The van der Waals surface area contributed by atoms with Crippen LogP contribution in [0.1, 0.15) is 5.69 Å². The average molecular weight is 328 g/mol. The fraction of sp³-hybridized carbons (Fsp3) is 0.0833. The van der Waals surface area contributed by atoms with Gasteiger partial charge in [0.25, 0.3) is 10.0 Å². The number of rotatable bonds is 4. The van der Waals surface area contributed by atoms with Crippen molar-refractivity contribution in [2.45, 2.75) is 11.8 Å². The van der Waals surface area contributed by atoms with Gasteiger partial charge in [0.15, 0.2) is 0 Å². The summed E-state index contributed by atoms with van der Waals surface area (Å²) in [5, 5.41) is 18.1. The number of halogens is 2. The Morgan fingerprint density at radius 3 is 2.50 bits per heavy atom. The minimum atomic E-state index is -4.32. The summed E-state index contributed by atoms with van der Waals surface area (Å²) < 4.78 is 52.8. The minimum Gasteiger partial charge on any atom is -0.423 e. The second-order valence-corrected chi connectivity index (χ2v) is 6.11. The summed E-state index contributed by atoms with van der Waals surface area (Å²) in [5.41, 5.74) is 0.160. The number of pyridine rings is 1. The molecule has 2 rings (SSSR count). The van der Waals surface area contributed by atoms with Gasteiger partial charge in [-0.3, -0.25) is 9.71 Å². The van der Waals surface area contributed by atoms with E-state index in [2.05, 4.69) is 9.71 Å². The average Bonchev–Trinajstić information content (AvgIpc) is 2.40. The molecule has 0 bridgehead atoms. The van der Waals surface area contributed by atoms with Gasteiger partial charge >= 0.3 is 7.12 Å². The third-order valence-electron chi connectivity index (χ3n) is 2.83. The van der Waals surface area contributed by atoms with E-state index in [0.717, 1.165) is 24.4 Å². The third kappa shape index (κ3) is 3.41. The van der Waals surface area contributed by atoms with E-state index in [1.54, 1.807) is 0 Å². The Bertz CT molecular complexity index is 815. The van der Waals surface area contributed by atoms with Gasteiger partial charge in [-0.05, 0) is 25.1 Å². The van der Waals surface area contributed by atoms with Gasteiger partial charge in [0.2, 0.25) is 0 Å². The van der Waals surface area contributed by atoms with Gasteiger partial charge in [-0.2, -0.15) is 0 Å². The lowest BCUT2D eigenvalue weighted by Gasteiger charge is -2.12. The molecule has 0 spiro atoms. The van der Waals surface area contributed by atoms with E-state index in [1.165, 1.54) is 6.92 Å². The lowest BCUT2D eigenvalue weighted by molar-refractivity contribution is 0.425. The molecule has 0 atom stereocenters. The van der Waals surface area contributed by atoms with Gasteiger partial charge in [0, 0.05) is 17.7 Å². The number of aromatic nitrogens is 1. The Kier molecular flexibility index (Phi) is 4.45. The molecule has 0 saturated heterocycles. The number of hydrogen-bond acceptors (Lipinski definition) is 5. The summed E-state index contributed by atoms with van der Waals surface area (Å²) in [4.78, 5) is 3.08. The van der Waals surface area contributed by atoms with Gasteiger partial charge in [-0.1, -0.05) is 0 Å². The standard InChI is InChI=1S/C12H11BF2N2O4S/c1-7-11(4-8(6-16-7)13(18)19)17-22(20,21)12-3-2-9(14)5-10(12)15/h2-6,17-19H,1H3. The molecular weight excluding hydrogens is 317 g/mol. The van der Waals surface area contributed by atoms with E-state index >= 15 is 0 Å². The first-order valence-electron chi connectivity index (χ1n) is 6.01. The summed E-state index contributed by atoms with van der Waals surface area (Å²) in [6.07, 6.45) is 1.16. The monoisotopic (exact) mass is 328 g/mol. The molecule has 22 heavy (non-hydrogen) atoms. The maximum Gasteiger partial charge on any atom is 0.490 e. The number of sulfonamides is 1. The fourth-order valence-corrected chi connectivity index (χ4v) is 2.86. The minimum absolute atomic E-state index is 0.0390. The molecule has 6 nitrogen and oxygen atoms in total. The van der Waals surface area contributed by atoms with Crippen molar-refractivity contribution in [1.82, 2.24) is 4.98 Å². The van der Waals surface area contributed by atoms with Crippen molar-refractivity contribution in [2.24, 2.45) is 0 Å². The lowest BCUT2D eigenvalue weighted by Crippen LogP contribution is -2.31. The molecule has 2 aromatic rings. The molecule has 0 unspecified atom stereocenters. The molecule has 116 valence electrons. The van der Waals surface area contributed by atoms with E-state index in [4.69, 9.17) is 10.0 Å². The Morgan fingerprint density at radius 1 is 1.23 bits per heavy atom. The number of aryl methyl sites for hydroxylation is 1. The van der Waals surface area contributed by atoms with Crippen LogP contribution in [0.5, 0.6) is 0 Å². The molecular formula is C12H11BF2N2O4S. The van der Waals surface area contributed by atoms with E-state index in [1.807, 2.05) is 0 Å². The van der Waals surface area contributed by atoms with E-state index in [9.17, 15) is 17.2 Å². The van der Waals surface area contributed by atoms with Gasteiger partial charge in [-0.15, -0.1) is 0 Å². The largest absolute Gasteiger partial charge is 0.490 e. The van der Waals surface area contributed by atoms with Crippen molar-refractivity contribution >= 4 is 28.3 Å². The predicted molar refractivity (Wildman–Crippen MR) is 76.0 cm³/mol. The summed E-state index contributed by atoms with van der Waals surface area (Å²) in [5.74, 6) is -2.14. The van der Waals surface area contributed by atoms with Crippen molar-refractivity contribution < 1.29 is 27.2 Å². The molecule has 1 heterocycles. The van der Waals surface area contributed by atoms with Crippen LogP contribution in [0.2, 0.25) is 0 Å². The van der Waals surface area contributed by atoms with Crippen molar-refractivity contribution in [2.75, 3.05) is 4.72 Å². The highest BCUT2D eigenvalue weighted by Gasteiger charge is 2.22. The molecule has 0 aliphatic carbocycles. The molecule has 0 saturated carbocycles. The molecule has 0 aliphatic rings. The second kappa shape index (κ2) is 5.99. The van der Waals surface area contributed by atoms with Gasteiger partial charge in [0.1, 0.15) is 16.5 Å². The zero-order chi connectivity index (χ0) is 16.5. The van der Waals surface area contributed by atoms with Crippen LogP contribution in [0.4, 0.5) is 14.5 Å². The summed E-state index contributed by atoms with van der Waals surface area (Å²) in [7, 11) is -6.15. The van der Waals surface area contributed by atoms with Crippen LogP contribution in [0, 0.1) is 18.6 Å². The number of anilines is 1. The molecule has 10 heteroatoms. The van der Waals surface area contributed by atoms with E-state index in [-0.39, 0.29) is 16.8 Å². The van der Waals surface area contributed by atoms with Crippen molar-refractivity contribution in [3.05, 3.63) is 47.8 Å². The topological polar surface area (TPSA) is 99.5 Å². The quantitative estimate of drug-likeness (QED) is 0.694. The van der Waals surface area contributed by atoms with Gasteiger partial charge in [0.05, 0.1) is 11.4 Å². The third-order valence-corrected chi connectivity index (χ3v) is 4.23. The van der Waals surface area contributed by atoms with Crippen molar-refractivity contribution in [1.29, 1.82) is 0 Å². The highest BCUT2D eigenvalue weighted by molar-refractivity contribution is 7.92. The zero-order valence-electron chi connectivity index (χ0n) is 11.3.